The maximum atomic E-state index is 13.4. The van der Waals surface area contributed by atoms with E-state index in [1.165, 1.54) is 9.13 Å². The molecule has 31 heavy (non-hydrogen) atoms. The Morgan fingerprint density at radius 3 is 2.55 bits per heavy atom. The molecule has 0 radical (unpaired) electrons. The monoisotopic (exact) mass is 445 g/mol. The SMILES string of the molecule is Cc1c(C)n2c3c(=O)n(Cc4ccccc4Cl)c(=O)n(C)c3nc2n1CCOCCO. The zero-order valence-corrected chi connectivity index (χ0v) is 18.4. The van der Waals surface area contributed by atoms with Crippen LogP contribution in [0.15, 0.2) is 33.9 Å². The van der Waals surface area contributed by atoms with E-state index in [-0.39, 0.29) is 19.8 Å². The Balaban J connectivity index is 1.92. The number of nitrogens with zero attached hydrogens (tertiary/aromatic N) is 5. The van der Waals surface area contributed by atoms with Gasteiger partial charge in [0.05, 0.1) is 26.4 Å². The molecular weight excluding hydrogens is 422 g/mol. The number of rotatable bonds is 7. The summed E-state index contributed by atoms with van der Waals surface area (Å²) in [5.41, 5.74) is 2.30. The average Bonchev–Trinajstić information content (AvgIpc) is 3.25. The van der Waals surface area contributed by atoms with Gasteiger partial charge in [-0.05, 0) is 25.5 Å². The zero-order valence-electron chi connectivity index (χ0n) is 17.6. The Labute approximate surface area is 182 Å². The number of fused-ring (bicyclic) bond motifs is 3. The molecule has 0 atom stereocenters. The minimum atomic E-state index is -0.453. The van der Waals surface area contributed by atoms with Crippen LogP contribution in [-0.2, 0) is 24.9 Å². The van der Waals surface area contributed by atoms with Gasteiger partial charge in [-0.15, -0.1) is 0 Å². The standard InChI is InChI=1S/C21H24ClN5O4/c1-13-14(2)27-17-18(23-20(27)25(13)8-10-31-11-9-28)24(3)21(30)26(19(17)29)12-15-6-4-5-7-16(15)22/h4-7,28H,8-12H2,1-3H3. The van der Waals surface area contributed by atoms with Crippen molar-refractivity contribution in [3.63, 3.8) is 0 Å². The fraction of sp³-hybridized carbons (Fsp3) is 0.381. The molecule has 0 aliphatic rings. The molecule has 9 nitrogen and oxygen atoms in total. The highest BCUT2D eigenvalue weighted by molar-refractivity contribution is 6.31. The topological polar surface area (TPSA) is 95.7 Å². The van der Waals surface area contributed by atoms with Crippen LogP contribution in [0.4, 0.5) is 0 Å². The van der Waals surface area contributed by atoms with Gasteiger partial charge in [-0.3, -0.25) is 18.3 Å². The lowest BCUT2D eigenvalue weighted by Crippen LogP contribution is -2.39. The van der Waals surface area contributed by atoms with E-state index in [4.69, 9.17) is 21.4 Å². The average molecular weight is 446 g/mol. The van der Waals surface area contributed by atoms with Gasteiger partial charge in [0, 0.05) is 30.0 Å². The molecule has 1 N–H and O–H groups in total. The fourth-order valence-electron chi connectivity index (χ4n) is 3.84. The Hall–Kier alpha value is -2.88. The molecule has 10 heteroatoms. The first-order valence-electron chi connectivity index (χ1n) is 9.96. The summed E-state index contributed by atoms with van der Waals surface area (Å²) in [5, 5.41) is 9.40. The molecule has 0 saturated heterocycles. The summed E-state index contributed by atoms with van der Waals surface area (Å²) in [6.07, 6.45) is 0. The van der Waals surface area contributed by atoms with Crippen LogP contribution >= 0.6 is 11.6 Å². The summed E-state index contributed by atoms with van der Waals surface area (Å²) in [4.78, 5) is 31.1. The van der Waals surface area contributed by atoms with E-state index in [1.807, 2.05) is 24.5 Å². The largest absolute Gasteiger partial charge is 0.394 e. The van der Waals surface area contributed by atoms with Crippen LogP contribution in [0.5, 0.6) is 0 Å². The number of aliphatic hydroxyl groups excluding tert-OH is 1. The number of benzene rings is 1. The third-order valence-electron chi connectivity index (χ3n) is 5.61. The van der Waals surface area contributed by atoms with Gasteiger partial charge in [-0.2, -0.15) is 4.98 Å². The van der Waals surface area contributed by atoms with Gasteiger partial charge in [0.1, 0.15) is 0 Å². The van der Waals surface area contributed by atoms with E-state index >= 15 is 0 Å². The molecule has 0 fully saturated rings. The second-order valence-corrected chi connectivity index (χ2v) is 7.81. The van der Waals surface area contributed by atoms with Gasteiger partial charge in [-0.25, -0.2) is 4.79 Å². The molecule has 3 aromatic heterocycles. The number of ether oxygens (including phenoxy) is 1. The van der Waals surface area contributed by atoms with E-state index in [2.05, 4.69) is 4.98 Å². The first-order chi connectivity index (χ1) is 14.9. The van der Waals surface area contributed by atoms with Crippen molar-refractivity contribution in [1.29, 1.82) is 0 Å². The minimum Gasteiger partial charge on any atom is -0.394 e. The van der Waals surface area contributed by atoms with E-state index in [1.54, 1.807) is 29.6 Å². The molecule has 0 aliphatic heterocycles. The molecule has 0 bridgehead atoms. The normalized spacial score (nSPS) is 11.8. The third-order valence-corrected chi connectivity index (χ3v) is 5.98. The molecule has 4 rings (SSSR count). The summed E-state index contributed by atoms with van der Waals surface area (Å²) in [5.74, 6) is 0.570. The minimum absolute atomic E-state index is 0.0422. The van der Waals surface area contributed by atoms with Gasteiger partial charge in [0.2, 0.25) is 5.78 Å². The quantitative estimate of drug-likeness (QED) is 0.435. The molecular formula is C21H24ClN5O4. The number of imidazole rings is 2. The van der Waals surface area contributed by atoms with Crippen molar-refractivity contribution >= 4 is 28.5 Å². The summed E-state index contributed by atoms with van der Waals surface area (Å²) in [6.45, 7) is 5.05. The molecule has 4 aromatic rings. The Morgan fingerprint density at radius 1 is 1.10 bits per heavy atom. The van der Waals surface area contributed by atoms with Gasteiger partial charge < -0.3 is 14.4 Å². The molecule has 0 unspecified atom stereocenters. The fourth-order valence-corrected chi connectivity index (χ4v) is 4.04. The second-order valence-electron chi connectivity index (χ2n) is 7.40. The van der Waals surface area contributed by atoms with Crippen LogP contribution in [0.3, 0.4) is 0 Å². The van der Waals surface area contributed by atoms with E-state index < -0.39 is 11.2 Å². The molecule has 0 aliphatic carbocycles. The van der Waals surface area contributed by atoms with Crippen molar-refractivity contribution in [2.75, 3.05) is 19.8 Å². The van der Waals surface area contributed by atoms with Gasteiger partial charge in [0.25, 0.3) is 5.56 Å². The Kier molecular flexibility index (Phi) is 5.74. The first-order valence-corrected chi connectivity index (χ1v) is 10.3. The predicted octanol–water partition coefficient (Wildman–Crippen LogP) is 1.48. The van der Waals surface area contributed by atoms with Crippen molar-refractivity contribution in [1.82, 2.24) is 23.1 Å². The highest BCUT2D eigenvalue weighted by atomic mass is 35.5. The molecule has 164 valence electrons. The van der Waals surface area contributed by atoms with Crippen molar-refractivity contribution in [2.24, 2.45) is 7.05 Å². The zero-order chi connectivity index (χ0) is 22.3. The number of halogens is 1. The van der Waals surface area contributed by atoms with Gasteiger partial charge in [-0.1, -0.05) is 29.8 Å². The molecule has 1 aromatic carbocycles. The lowest BCUT2D eigenvalue weighted by molar-refractivity contribution is 0.0872. The predicted molar refractivity (Wildman–Crippen MR) is 118 cm³/mol. The third kappa shape index (κ3) is 3.48. The van der Waals surface area contributed by atoms with Crippen molar-refractivity contribution < 1.29 is 9.84 Å². The molecule has 3 heterocycles. The van der Waals surface area contributed by atoms with Crippen LogP contribution in [0.1, 0.15) is 17.0 Å². The van der Waals surface area contributed by atoms with E-state index in [9.17, 15) is 9.59 Å². The van der Waals surface area contributed by atoms with E-state index in [0.717, 1.165) is 11.4 Å². The number of aliphatic hydroxyl groups is 1. The maximum Gasteiger partial charge on any atom is 0.332 e. The summed E-state index contributed by atoms with van der Waals surface area (Å²) in [7, 11) is 1.61. The van der Waals surface area contributed by atoms with Crippen LogP contribution < -0.4 is 11.2 Å². The molecule has 0 saturated carbocycles. The van der Waals surface area contributed by atoms with E-state index in [0.29, 0.717) is 40.7 Å². The highest BCUT2D eigenvalue weighted by Gasteiger charge is 2.22. The summed E-state index contributed by atoms with van der Waals surface area (Å²) < 4.78 is 11.7. The smallest absolute Gasteiger partial charge is 0.332 e. The number of aryl methyl sites for hydroxylation is 2. The lowest BCUT2D eigenvalue weighted by atomic mass is 10.2. The van der Waals surface area contributed by atoms with Crippen LogP contribution in [-0.4, -0.2) is 48.0 Å². The number of hydrogen-bond acceptors (Lipinski definition) is 5. The molecule has 0 spiro atoms. The van der Waals surface area contributed by atoms with Gasteiger partial charge >= 0.3 is 5.69 Å². The van der Waals surface area contributed by atoms with Gasteiger partial charge in [0.15, 0.2) is 11.2 Å². The second kappa shape index (κ2) is 8.33. The lowest BCUT2D eigenvalue weighted by Gasteiger charge is -2.10. The number of hydrogen-bond donors (Lipinski definition) is 1. The molecule has 0 amide bonds. The highest BCUT2D eigenvalue weighted by Crippen LogP contribution is 2.21. The van der Waals surface area contributed by atoms with Crippen molar-refractivity contribution in [3.05, 3.63) is 67.1 Å². The maximum absolute atomic E-state index is 13.4. The Morgan fingerprint density at radius 2 is 1.84 bits per heavy atom. The Bertz CT molecular complexity index is 1400. The van der Waals surface area contributed by atoms with Crippen LogP contribution in [0.25, 0.3) is 16.9 Å². The van der Waals surface area contributed by atoms with Crippen molar-refractivity contribution in [2.45, 2.75) is 26.9 Å². The first kappa shape index (κ1) is 21.4. The summed E-state index contributed by atoms with van der Waals surface area (Å²) >= 11 is 6.26. The van der Waals surface area contributed by atoms with Crippen LogP contribution in [0.2, 0.25) is 5.02 Å². The van der Waals surface area contributed by atoms with Crippen LogP contribution in [0, 0.1) is 13.8 Å². The van der Waals surface area contributed by atoms with Crippen molar-refractivity contribution in [3.8, 4) is 0 Å². The summed E-state index contributed by atoms with van der Waals surface area (Å²) in [6, 6.07) is 7.14. The number of aromatic nitrogens is 5.